The zero-order chi connectivity index (χ0) is 10.4. The highest BCUT2D eigenvalue weighted by Gasteiger charge is 2.28. The van der Waals surface area contributed by atoms with Crippen molar-refractivity contribution in [3.8, 4) is 0 Å². The molecule has 0 aliphatic heterocycles. The SMILES string of the molecule is NC1CCc2oc3ccccc3c2C1N. The first-order valence-electron chi connectivity index (χ1n) is 5.29. The van der Waals surface area contributed by atoms with Gasteiger partial charge in [0.25, 0.3) is 0 Å². The molecule has 0 saturated carbocycles. The zero-order valence-corrected chi connectivity index (χ0v) is 8.44. The van der Waals surface area contributed by atoms with Crippen LogP contribution in [0, 0.1) is 0 Å². The standard InChI is InChI=1S/C12H14N2O/c13-8-5-6-10-11(12(8)14)7-3-1-2-4-9(7)15-10/h1-4,8,12H,5-6,13-14H2. The summed E-state index contributed by atoms with van der Waals surface area (Å²) in [4.78, 5) is 0. The van der Waals surface area contributed by atoms with Gasteiger partial charge >= 0.3 is 0 Å². The van der Waals surface area contributed by atoms with Gasteiger partial charge in [-0.3, -0.25) is 0 Å². The lowest BCUT2D eigenvalue weighted by Crippen LogP contribution is -2.37. The van der Waals surface area contributed by atoms with Crippen LogP contribution in [0.3, 0.4) is 0 Å². The van der Waals surface area contributed by atoms with Crippen molar-refractivity contribution < 1.29 is 4.42 Å². The number of benzene rings is 1. The van der Waals surface area contributed by atoms with Crippen molar-refractivity contribution in [2.24, 2.45) is 11.5 Å². The Bertz CT molecular complexity index is 503. The van der Waals surface area contributed by atoms with Gasteiger partial charge in [0.2, 0.25) is 0 Å². The van der Waals surface area contributed by atoms with Gasteiger partial charge in [0.15, 0.2) is 0 Å². The predicted octanol–water partition coefficient (Wildman–Crippen LogP) is 1.71. The predicted molar refractivity (Wildman–Crippen MR) is 59.4 cm³/mol. The van der Waals surface area contributed by atoms with E-state index in [4.69, 9.17) is 15.9 Å². The number of para-hydroxylation sites is 1. The molecule has 78 valence electrons. The summed E-state index contributed by atoms with van der Waals surface area (Å²) in [5, 5.41) is 1.12. The Morgan fingerprint density at radius 1 is 1.20 bits per heavy atom. The number of hydrogen-bond donors (Lipinski definition) is 2. The number of fused-ring (bicyclic) bond motifs is 3. The van der Waals surface area contributed by atoms with Crippen LogP contribution < -0.4 is 11.5 Å². The average molecular weight is 202 g/mol. The summed E-state index contributed by atoms with van der Waals surface area (Å²) in [6.07, 6.45) is 1.81. The van der Waals surface area contributed by atoms with Gasteiger partial charge in [-0.2, -0.15) is 0 Å². The second-order valence-electron chi connectivity index (χ2n) is 4.16. The molecule has 1 aliphatic rings. The van der Waals surface area contributed by atoms with E-state index in [2.05, 4.69) is 6.07 Å². The fourth-order valence-corrected chi connectivity index (χ4v) is 2.36. The van der Waals surface area contributed by atoms with E-state index in [1.807, 2.05) is 18.2 Å². The molecular weight excluding hydrogens is 188 g/mol. The van der Waals surface area contributed by atoms with E-state index in [1.54, 1.807) is 0 Å². The van der Waals surface area contributed by atoms with Crippen LogP contribution in [0.1, 0.15) is 23.8 Å². The van der Waals surface area contributed by atoms with Crippen molar-refractivity contribution in [3.05, 3.63) is 35.6 Å². The number of furan rings is 1. The molecule has 4 N–H and O–H groups in total. The van der Waals surface area contributed by atoms with Crippen molar-refractivity contribution in [1.29, 1.82) is 0 Å². The molecule has 1 aromatic heterocycles. The number of hydrogen-bond acceptors (Lipinski definition) is 3. The van der Waals surface area contributed by atoms with E-state index in [9.17, 15) is 0 Å². The minimum Gasteiger partial charge on any atom is -0.461 e. The quantitative estimate of drug-likeness (QED) is 0.683. The molecule has 0 amide bonds. The highest BCUT2D eigenvalue weighted by atomic mass is 16.3. The lowest BCUT2D eigenvalue weighted by Gasteiger charge is -2.24. The Morgan fingerprint density at radius 2 is 2.00 bits per heavy atom. The lowest BCUT2D eigenvalue weighted by molar-refractivity contribution is 0.428. The van der Waals surface area contributed by atoms with Gasteiger partial charge in [0.1, 0.15) is 11.3 Å². The maximum absolute atomic E-state index is 6.12. The van der Waals surface area contributed by atoms with Crippen molar-refractivity contribution in [3.63, 3.8) is 0 Å². The normalized spacial score (nSPS) is 25.5. The van der Waals surface area contributed by atoms with E-state index in [-0.39, 0.29) is 12.1 Å². The first-order chi connectivity index (χ1) is 7.27. The van der Waals surface area contributed by atoms with E-state index >= 15 is 0 Å². The number of aryl methyl sites for hydroxylation is 1. The molecule has 2 atom stereocenters. The van der Waals surface area contributed by atoms with Crippen molar-refractivity contribution in [1.82, 2.24) is 0 Å². The van der Waals surface area contributed by atoms with E-state index in [0.29, 0.717) is 0 Å². The van der Waals surface area contributed by atoms with Gasteiger partial charge in [-0.15, -0.1) is 0 Å². The summed E-state index contributed by atoms with van der Waals surface area (Å²) in [6, 6.07) is 7.98. The Kier molecular flexibility index (Phi) is 1.84. The molecule has 1 aromatic carbocycles. The topological polar surface area (TPSA) is 65.2 Å². The maximum atomic E-state index is 6.12. The highest BCUT2D eigenvalue weighted by Crippen LogP contribution is 2.35. The summed E-state index contributed by atoms with van der Waals surface area (Å²) in [5.41, 5.74) is 14.1. The molecule has 0 fully saturated rings. The van der Waals surface area contributed by atoms with Crippen LogP contribution in [-0.2, 0) is 6.42 Å². The Balaban J connectivity index is 2.29. The summed E-state index contributed by atoms with van der Waals surface area (Å²) in [7, 11) is 0. The van der Waals surface area contributed by atoms with Gasteiger partial charge < -0.3 is 15.9 Å². The van der Waals surface area contributed by atoms with E-state index in [1.165, 1.54) is 0 Å². The minimum absolute atomic E-state index is 0.0542. The van der Waals surface area contributed by atoms with E-state index in [0.717, 1.165) is 35.1 Å². The van der Waals surface area contributed by atoms with Gasteiger partial charge in [0.05, 0.1) is 0 Å². The third kappa shape index (κ3) is 1.20. The van der Waals surface area contributed by atoms with Crippen molar-refractivity contribution >= 4 is 11.0 Å². The van der Waals surface area contributed by atoms with Crippen LogP contribution in [0.2, 0.25) is 0 Å². The van der Waals surface area contributed by atoms with Crippen LogP contribution in [0.4, 0.5) is 0 Å². The Morgan fingerprint density at radius 3 is 2.87 bits per heavy atom. The molecule has 3 nitrogen and oxygen atoms in total. The molecule has 1 aliphatic carbocycles. The summed E-state index contributed by atoms with van der Waals surface area (Å²) in [5.74, 6) is 1.02. The summed E-state index contributed by atoms with van der Waals surface area (Å²) >= 11 is 0. The maximum Gasteiger partial charge on any atom is 0.134 e. The van der Waals surface area contributed by atoms with Gasteiger partial charge in [0, 0.05) is 29.5 Å². The van der Waals surface area contributed by atoms with Crippen LogP contribution >= 0.6 is 0 Å². The molecule has 3 heteroatoms. The molecule has 2 aromatic rings. The fraction of sp³-hybridized carbons (Fsp3) is 0.333. The average Bonchev–Trinajstić information content (AvgIpc) is 2.62. The molecule has 1 heterocycles. The molecule has 0 spiro atoms. The van der Waals surface area contributed by atoms with Crippen molar-refractivity contribution in [2.45, 2.75) is 24.9 Å². The third-order valence-corrected chi connectivity index (χ3v) is 3.21. The second kappa shape index (κ2) is 3.08. The van der Waals surface area contributed by atoms with Crippen LogP contribution in [-0.4, -0.2) is 6.04 Å². The van der Waals surface area contributed by atoms with E-state index < -0.39 is 0 Å². The first kappa shape index (κ1) is 8.95. The zero-order valence-electron chi connectivity index (χ0n) is 8.44. The first-order valence-corrected chi connectivity index (χ1v) is 5.29. The molecule has 3 rings (SSSR count). The van der Waals surface area contributed by atoms with Crippen LogP contribution in [0.15, 0.2) is 28.7 Å². The molecule has 0 radical (unpaired) electrons. The highest BCUT2D eigenvalue weighted by molar-refractivity contribution is 5.83. The van der Waals surface area contributed by atoms with Crippen LogP contribution in [0.5, 0.6) is 0 Å². The summed E-state index contributed by atoms with van der Waals surface area (Å²) < 4.78 is 5.77. The molecule has 0 bridgehead atoms. The van der Waals surface area contributed by atoms with Gasteiger partial charge in [-0.1, -0.05) is 18.2 Å². The lowest BCUT2D eigenvalue weighted by atomic mass is 9.88. The molecular formula is C12H14N2O. The minimum atomic E-state index is -0.0857. The summed E-state index contributed by atoms with van der Waals surface area (Å²) in [6.45, 7) is 0. The molecule has 15 heavy (non-hydrogen) atoms. The van der Waals surface area contributed by atoms with Crippen LogP contribution in [0.25, 0.3) is 11.0 Å². The van der Waals surface area contributed by atoms with Gasteiger partial charge in [-0.05, 0) is 12.5 Å². The largest absolute Gasteiger partial charge is 0.461 e. The van der Waals surface area contributed by atoms with Gasteiger partial charge in [-0.25, -0.2) is 0 Å². The second-order valence-corrected chi connectivity index (χ2v) is 4.16. The third-order valence-electron chi connectivity index (χ3n) is 3.21. The number of rotatable bonds is 0. The molecule has 0 saturated heterocycles. The fourth-order valence-electron chi connectivity index (χ4n) is 2.36. The van der Waals surface area contributed by atoms with Crippen molar-refractivity contribution in [2.75, 3.05) is 0 Å². The Hall–Kier alpha value is -1.32. The monoisotopic (exact) mass is 202 g/mol. The number of nitrogens with two attached hydrogens (primary N) is 2. The smallest absolute Gasteiger partial charge is 0.134 e. The Labute approximate surface area is 88.0 Å². The molecule has 2 unspecified atom stereocenters.